The van der Waals surface area contributed by atoms with Crippen molar-refractivity contribution >= 4 is 45.7 Å². The Kier molecular flexibility index (Phi) is 7.55. The number of nitrogens with one attached hydrogen (secondary N) is 1. The summed E-state index contributed by atoms with van der Waals surface area (Å²) in [6.45, 7) is 9.09. The molecule has 120 valence electrons. The molecule has 0 spiro atoms. The largest absolute Gasteiger partial charge is 0.358 e. The molecule has 0 heterocycles. The molecular formula is C16H22N2O2S2. The Bertz CT molecular complexity index is 540. The fourth-order valence-electron chi connectivity index (χ4n) is 1.92. The number of hydrogen-bond acceptors (Lipinski definition) is 4. The molecule has 0 aliphatic carbocycles. The molecule has 1 aromatic carbocycles. The first kappa shape index (κ1) is 18.6. The number of hydrogen-bond donors (Lipinski definition) is 1. The molecule has 0 aliphatic heterocycles. The van der Waals surface area contributed by atoms with E-state index >= 15 is 0 Å². The van der Waals surface area contributed by atoms with Gasteiger partial charge in [0.05, 0.1) is 5.25 Å². The molecule has 0 aromatic heterocycles. The van der Waals surface area contributed by atoms with Crippen molar-refractivity contribution in [3.63, 3.8) is 0 Å². The summed E-state index contributed by atoms with van der Waals surface area (Å²) in [5.74, 6) is -0.0959. The van der Waals surface area contributed by atoms with Crippen molar-refractivity contribution in [2.24, 2.45) is 0 Å². The molecule has 0 bridgehead atoms. The van der Waals surface area contributed by atoms with E-state index in [0.29, 0.717) is 11.3 Å². The van der Waals surface area contributed by atoms with E-state index in [1.807, 2.05) is 20.8 Å². The van der Waals surface area contributed by atoms with Gasteiger partial charge in [-0.1, -0.05) is 24.0 Å². The van der Waals surface area contributed by atoms with E-state index in [1.54, 1.807) is 24.3 Å². The quantitative estimate of drug-likeness (QED) is 0.635. The molecule has 1 amide bonds. The number of benzene rings is 1. The molecule has 6 heteroatoms. The number of thioether (sulfide) groups is 1. The summed E-state index contributed by atoms with van der Waals surface area (Å²) in [6.07, 6.45) is 0. The first-order valence-electron chi connectivity index (χ1n) is 7.26. The maximum atomic E-state index is 12.4. The second-order valence-corrected chi connectivity index (χ2v) is 6.80. The van der Waals surface area contributed by atoms with Crippen molar-refractivity contribution in [2.75, 3.05) is 18.4 Å². The van der Waals surface area contributed by atoms with Crippen LogP contribution in [0.15, 0.2) is 24.3 Å². The summed E-state index contributed by atoms with van der Waals surface area (Å²) >= 11 is 6.79. The maximum Gasteiger partial charge on any atom is 0.221 e. The predicted octanol–water partition coefficient (Wildman–Crippen LogP) is 3.58. The highest BCUT2D eigenvalue weighted by Gasteiger charge is 2.19. The molecule has 0 aliphatic rings. The van der Waals surface area contributed by atoms with Crippen molar-refractivity contribution in [1.82, 2.24) is 4.90 Å². The van der Waals surface area contributed by atoms with Gasteiger partial charge in [-0.3, -0.25) is 9.59 Å². The highest BCUT2D eigenvalue weighted by Crippen LogP contribution is 2.21. The third kappa shape index (κ3) is 5.42. The second kappa shape index (κ2) is 8.90. The first-order valence-corrected chi connectivity index (χ1v) is 8.55. The van der Waals surface area contributed by atoms with Crippen LogP contribution in [0.5, 0.6) is 0 Å². The van der Waals surface area contributed by atoms with Crippen LogP contribution in [0.4, 0.5) is 5.69 Å². The highest BCUT2D eigenvalue weighted by molar-refractivity contribution is 8.23. The molecule has 1 atom stereocenters. The van der Waals surface area contributed by atoms with Gasteiger partial charge in [-0.25, -0.2) is 0 Å². The average Bonchev–Trinajstić information content (AvgIpc) is 2.47. The number of ketones is 1. The normalized spacial score (nSPS) is 11.6. The van der Waals surface area contributed by atoms with Crippen LogP contribution in [-0.4, -0.2) is 39.3 Å². The van der Waals surface area contributed by atoms with Crippen molar-refractivity contribution < 1.29 is 9.59 Å². The molecule has 1 N–H and O–H groups in total. The van der Waals surface area contributed by atoms with E-state index < -0.39 is 0 Å². The fraction of sp³-hybridized carbons (Fsp3) is 0.438. The summed E-state index contributed by atoms with van der Waals surface area (Å²) in [5.41, 5.74) is 1.31. The van der Waals surface area contributed by atoms with Gasteiger partial charge in [-0.15, -0.1) is 0 Å². The molecule has 0 fully saturated rings. The summed E-state index contributed by atoms with van der Waals surface area (Å²) < 4.78 is 0.751. The van der Waals surface area contributed by atoms with Gasteiger partial charge in [0.25, 0.3) is 0 Å². The van der Waals surface area contributed by atoms with Crippen LogP contribution in [-0.2, 0) is 4.79 Å². The van der Waals surface area contributed by atoms with Crippen LogP contribution in [0.3, 0.4) is 0 Å². The molecule has 0 radical (unpaired) electrons. The Balaban J connectivity index is 2.70. The lowest BCUT2D eigenvalue weighted by Gasteiger charge is -2.22. The number of nitrogens with zero attached hydrogens (tertiary/aromatic N) is 1. The van der Waals surface area contributed by atoms with Gasteiger partial charge in [0.15, 0.2) is 5.78 Å². The zero-order valence-electron chi connectivity index (χ0n) is 13.4. The van der Waals surface area contributed by atoms with Crippen LogP contribution >= 0.6 is 24.0 Å². The molecule has 1 aromatic rings. The van der Waals surface area contributed by atoms with Gasteiger partial charge >= 0.3 is 0 Å². The van der Waals surface area contributed by atoms with E-state index in [-0.39, 0.29) is 16.9 Å². The Hall–Kier alpha value is -1.40. The lowest BCUT2D eigenvalue weighted by Crippen LogP contribution is -2.29. The van der Waals surface area contributed by atoms with Crippen LogP contribution in [0.25, 0.3) is 0 Å². The molecule has 1 rings (SSSR count). The second-order valence-electron chi connectivity index (χ2n) is 4.82. The van der Waals surface area contributed by atoms with Gasteiger partial charge in [0.1, 0.15) is 4.32 Å². The molecule has 0 unspecified atom stereocenters. The lowest BCUT2D eigenvalue weighted by molar-refractivity contribution is -0.114. The third-order valence-electron chi connectivity index (χ3n) is 3.16. The van der Waals surface area contributed by atoms with Crippen molar-refractivity contribution in [2.45, 2.75) is 32.9 Å². The molecular weight excluding hydrogens is 316 g/mol. The minimum absolute atomic E-state index is 0.0360. The smallest absolute Gasteiger partial charge is 0.221 e. The van der Waals surface area contributed by atoms with Gasteiger partial charge in [0, 0.05) is 31.3 Å². The number of rotatable bonds is 6. The first-order chi connectivity index (χ1) is 10.4. The number of anilines is 1. The van der Waals surface area contributed by atoms with Crippen LogP contribution in [0.1, 0.15) is 38.1 Å². The zero-order chi connectivity index (χ0) is 16.7. The summed E-state index contributed by atoms with van der Waals surface area (Å²) in [4.78, 5) is 25.5. The van der Waals surface area contributed by atoms with E-state index in [1.165, 1.54) is 18.7 Å². The Morgan fingerprint density at radius 3 is 2.23 bits per heavy atom. The van der Waals surface area contributed by atoms with Gasteiger partial charge < -0.3 is 10.2 Å². The zero-order valence-corrected chi connectivity index (χ0v) is 15.0. The Labute approximate surface area is 141 Å². The van der Waals surface area contributed by atoms with Gasteiger partial charge in [-0.2, -0.15) is 0 Å². The fourth-order valence-corrected chi connectivity index (χ4v) is 3.56. The highest BCUT2D eigenvalue weighted by atomic mass is 32.2. The molecule has 0 saturated heterocycles. The summed E-state index contributed by atoms with van der Waals surface area (Å²) in [6, 6.07) is 6.92. The minimum Gasteiger partial charge on any atom is -0.358 e. The van der Waals surface area contributed by atoms with Crippen molar-refractivity contribution in [1.29, 1.82) is 0 Å². The molecule has 0 saturated carbocycles. The van der Waals surface area contributed by atoms with E-state index in [4.69, 9.17) is 12.2 Å². The van der Waals surface area contributed by atoms with E-state index in [2.05, 4.69) is 10.2 Å². The van der Waals surface area contributed by atoms with Crippen molar-refractivity contribution in [3.8, 4) is 0 Å². The minimum atomic E-state index is -0.236. The monoisotopic (exact) mass is 338 g/mol. The number of carbonyl (C=O) groups is 2. The predicted molar refractivity (Wildman–Crippen MR) is 97.6 cm³/mol. The standard InChI is InChI=1S/C16H22N2O2S2/c1-5-18(6-2)16(21)22-11(3)15(20)13-7-9-14(10-8-13)17-12(4)19/h7-11H,5-6H2,1-4H3,(H,17,19)/t11-/m0/s1. The number of thiocarbonyl (C=S) groups is 1. The Morgan fingerprint density at radius 2 is 1.77 bits per heavy atom. The lowest BCUT2D eigenvalue weighted by atomic mass is 10.1. The maximum absolute atomic E-state index is 12.4. The number of Topliss-reactive ketones (excluding diaryl/α,β-unsaturated/α-hetero) is 1. The molecule has 22 heavy (non-hydrogen) atoms. The number of amides is 1. The van der Waals surface area contributed by atoms with Crippen LogP contribution in [0, 0.1) is 0 Å². The van der Waals surface area contributed by atoms with E-state index in [9.17, 15) is 9.59 Å². The van der Waals surface area contributed by atoms with Gasteiger partial charge in [0.2, 0.25) is 5.91 Å². The van der Waals surface area contributed by atoms with Gasteiger partial charge in [-0.05, 0) is 45.0 Å². The van der Waals surface area contributed by atoms with E-state index in [0.717, 1.165) is 17.4 Å². The molecule has 4 nitrogen and oxygen atoms in total. The summed E-state index contributed by atoms with van der Waals surface area (Å²) in [7, 11) is 0. The van der Waals surface area contributed by atoms with Crippen LogP contribution in [0.2, 0.25) is 0 Å². The third-order valence-corrected chi connectivity index (χ3v) is 4.73. The Morgan fingerprint density at radius 1 is 1.23 bits per heavy atom. The van der Waals surface area contributed by atoms with Crippen molar-refractivity contribution in [3.05, 3.63) is 29.8 Å². The summed E-state index contributed by atoms with van der Waals surface area (Å²) in [5, 5.41) is 2.44. The topological polar surface area (TPSA) is 49.4 Å². The SMILES string of the molecule is CCN(CC)C(=S)S[C@@H](C)C(=O)c1ccc(NC(C)=O)cc1. The number of carbonyl (C=O) groups excluding carboxylic acids is 2. The van der Waals surface area contributed by atoms with Crippen LogP contribution < -0.4 is 5.32 Å². The average molecular weight is 338 g/mol.